The van der Waals surface area contributed by atoms with Crippen LogP contribution in [0.2, 0.25) is 5.02 Å². The van der Waals surface area contributed by atoms with E-state index in [1.54, 1.807) is 6.07 Å². The molecule has 10 heteroatoms. The van der Waals surface area contributed by atoms with E-state index in [4.69, 9.17) is 11.6 Å². The quantitative estimate of drug-likeness (QED) is 0.687. The number of sulfonamides is 1. The van der Waals surface area contributed by atoms with Crippen molar-refractivity contribution in [1.82, 2.24) is 9.29 Å². The Labute approximate surface area is 172 Å². The van der Waals surface area contributed by atoms with Crippen LogP contribution in [0, 0.1) is 5.82 Å². The van der Waals surface area contributed by atoms with Gasteiger partial charge in [0.05, 0.1) is 15.8 Å². The molecule has 1 aliphatic heterocycles. The van der Waals surface area contributed by atoms with Gasteiger partial charge in [-0.05, 0) is 43.2 Å². The van der Waals surface area contributed by atoms with Gasteiger partial charge in [0.2, 0.25) is 15.9 Å². The molecule has 0 saturated carbocycles. The molecule has 0 radical (unpaired) electrons. The Bertz CT molecular complexity index is 949. The number of nitrogens with zero attached hydrogens (tertiary/aromatic N) is 2. The van der Waals surface area contributed by atoms with Gasteiger partial charge in [0.1, 0.15) is 10.7 Å². The topological polar surface area (TPSA) is 79.4 Å². The molecule has 1 fully saturated rings. The van der Waals surface area contributed by atoms with Gasteiger partial charge in [-0.3, -0.25) is 4.79 Å². The largest absolute Gasteiger partial charge is 0.325 e. The van der Waals surface area contributed by atoms with Gasteiger partial charge in [-0.25, -0.2) is 17.8 Å². The van der Waals surface area contributed by atoms with E-state index < -0.39 is 15.8 Å². The van der Waals surface area contributed by atoms with Crippen LogP contribution in [-0.2, 0) is 14.8 Å². The van der Waals surface area contributed by atoms with Crippen molar-refractivity contribution in [3.63, 3.8) is 0 Å². The number of pyridine rings is 1. The number of hydrogen-bond donors (Lipinski definition) is 1. The minimum atomic E-state index is -3.52. The summed E-state index contributed by atoms with van der Waals surface area (Å²) in [7, 11) is -3.52. The first-order chi connectivity index (χ1) is 13.4. The summed E-state index contributed by atoms with van der Waals surface area (Å²) in [5.41, 5.74) is 0.396. The van der Waals surface area contributed by atoms with Crippen LogP contribution in [0.5, 0.6) is 0 Å². The number of nitrogens with one attached hydrogen (secondary N) is 1. The molecule has 150 valence electrons. The van der Waals surface area contributed by atoms with Gasteiger partial charge in [0.25, 0.3) is 0 Å². The van der Waals surface area contributed by atoms with Crippen molar-refractivity contribution in [3.05, 3.63) is 47.4 Å². The predicted octanol–water partition coefficient (Wildman–Crippen LogP) is 3.78. The van der Waals surface area contributed by atoms with Crippen molar-refractivity contribution in [2.45, 2.75) is 29.2 Å². The highest BCUT2D eigenvalue weighted by molar-refractivity contribution is 7.99. The Hall–Kier alpha value is -1.68. The molecule has 1 aromatic heterocycles. The molecule has 2 aromatic rings. The normalized spacial score (nSPS) is 15.4. The van der Waals surface area contributed by atoms with Gasteiger partial charge >= 0.3 is 0 Å². The number of halogens is 2. The fourth-order valence-electron chi connectivity index (χ4n) is 2.77. The van der Waals surface area contributed by atoms with Crippen molar-refractivity contribution in [3.8, 4) is 0 Å². The summed E-state index contributed by atoms with van der Waals surface area (Å²) in [6.07, 6.45) is 4.11. The Balaban J connectivity index is 1.56. The van der Waals surface area contributed by atoms with Crippen LogP contribution in [0.1, 0.15) is 19.3 Å². The average molecular weight is 444 g/mol. The molecular formula is C18H19ClFN3O3S2. The number of carbonyl (C=O) groups excluding carboxylic acids is 1. The summed E-state index contributed by atoms with van der Waals surface area (Å²) < 4.78 is 39.8. The van der Waals surface area contributed by atoms with Gasteiger partial charge < -0.3 is 5.32 Å². The second-order valence-electron chi connectivity index (χ2n) is 6.26. The molecule has 1 saturated heterocycles. The number of rotatable bonds is 6. The standard InChI is InChI=1S/C18H19ClFN3O3S2/c19-15-10-13(4-6-16(15)20)22-17(24)12-27-18-7-5-14(11-21-18)28(25,26)23-8-2-1-3-9-23/h4-7,10-11H,1-3,8-9,12H2,(H,22,24). The highest BCUT2D eigenvalue weighted by atomic mass is 35.5. The molecule has 0 unspecified atom stereocenters. The van der Waals surface area contributed by atoms with Crippen molar-refractivity contribution < 1.29 is 17.6 Å². The summed E-state index contributed by atoms with van der Waals surface area (Å²) in [4.78, 5) is 16.3. The van der Waals surface area contributed by atoms with Crippen LogP contribution in [-0.4, -0.2) is 42.5 Å². The summed E-state index contributed by atoms with van der Waals surface area (Å²) in [6, 6.07) is 7.02. The molecule has 0 atom stereocenters. The van der Waals surface area contributed by atoms with E-state index in [1.807, 2.05) is 0 Å². The van der Waals surface area contributed by atoms with E-state index in [2.05, 4.69) is 10.3 Å². The molecule has 0 bridgehead atoms. The second kappa shape index (κ2) is 9.21. The summed E-state index contributed by atoms with van der Waals surface area (Å²) in [6.45, 7) is 1.07. The Morgan fingerprint density at radius 3 is 2.61 bits per heavy atom. The lowest BCUT2D eigenvalue weighted by molar-refractivity contribution is -0.113. The van der Waals surface area contributed by atoms with E-state index >= 15 is 0 Å². The molecular weight excluding hydrogens is 425 g/mol. The van der Waals surface area contributed by atoms with E-state index in [-0.39, 0.29) is 21.6 Å². The summed E-state index contributed by atoms with van der Waals surface area (Å²) in [5.74, 6) is -0.794. The number of benzene rings is 1. The van der Waals surface area contributed by atoms with Gasteiger partial charge in [-0.1, -0.05) is 29.8 Å². The Morgan fingerprint density at radius 2 is 1.96 bits per heavy atom. The van der Waals surface area contributed by atoms with Crippen LogP contribution in [0.3, 0.4) is 0 Å². The molecule has 3 rings (SSSR count). The van der Waals surface area contributed by atoms with E-state index in [0.29, 0.717) is 23.8 Å². The minimum Gasteiger partial charge on any atom is -0.325 e. The summed E-state index contributed by atoms with van der Waals surface area (Å²) >= 11 is 6.86. The number of piperidine rings is 1. The number of anilines is 1. The number of hydrogen-bond acceptors (Lipinski definition) is 5. The molecule has 1 aliphatic rings. The molecule has 1 N–H and O–H groups in total. The van der Waals surface area contributed by atoms with Gasteiger partial charge in [0.15, 0.2) is 0 Å². The molecule has 1 aromatic carbocycles. The molecule has 0 spiro atoms. The van der Waals surface area contributed by atoms with Crippen molar-refractivity contribution >= 4 is 45.0 Å². The predicted molar refractivity (Wildman–Crippen MR) is 108 cm³/mol. The first-order valence-electron chi connectivity index (χ1n) is 8.70. The van der Waals surface area contributed by atoms with Crippen molar-refractivity contribution in [1.29, 1.82) is 0 Å². The Morgan fingerprint density at radius 1 is 1.21 bits per heavy atom. The van der Waals surface area contributed by atoms with Gasteiger partial charge in [0, 0.05) is 25.0 Å². The van der Waals surface area contributed by atoms with E-state index in [0.717, 1.165) is 19.3 Å². The molecule has 28 heavy (non-hydrogen) atoms. The van der Waals surface area contributed by atoms with Crippen LogP contribution >= 0.6 is 23.4 Å². The highest BCUT2D eigenvalue weighted by Gasteiger charge is 2.26. The molecule has 0 aliphatic carbocycles. The zero-order chi connectivity index (χ0) is 20.1. The van der Waals surface area contributed by atoms with Crippen LogP contribution in [0.4, 0.5) is 10.1 Å². The molecule has 2 heterocycles. The molecule has 1 amide bonds. The lowest BCUT2D eigenvalue weighted by atomic mass is 10.2. The van der Waals surface area contributed by atoms with E-state index in [9.17, 15) is 17.6 Å². The van der Waals surface area contributed by atoms with Gasteiger partial charge in [-0.15, -0.1) is 0 Å². The zero-order valence-electron chi connectivity index (χ0n) is 14.9. The third kappa shape index (κ3) is 5.22. The lowest BCUT2D eigenvalue weighted by Crippen LogP contribution is -2.35. The maximum absolute atomic E-state index is 13.1. The number of aromatic nitrogens is 1. The molecule has 6 nitrogen and oxygen atoms in total. The SMILES string of the molecule is O=C(CSc1ccc(S(=O)(=O)N2CCCCC2)cn1)Nc1ccc(F)c(Cl)c1. The van der Waals surface area contributed by atoms with Crippen LogP contribution in [0.25, 0.3) is 0 Å². The maximum atomic E-state index is 13.1. The fraction of sp³-hybridized carbons (Fsp3) is 0.333. The van der Waals surface area contributed by atoms with Crippen LogP contribution < -0.4 is 5.32 Å². The van der Waals surface area contributed by atoms with Crippen LogP contribution in [0.15, 0.2) is 46.5 Å². The number of thioether (sulfide) groups is 1. The summed E-state index contributed by atoms with van der Waals surface area (Å²) in [5, 5.41) is 3.08. The number of carbonyl (C=O) groups is 1. The third-order valence-electron chi connectivity index (χ3n) is 4.22. The number of amides is 1. The average Bonchev–Trinajstić information content (AvgIpc) is 2.70. The minimum absolute atomic E-state index is 0.0697. The monoisotopic (exact) mass is 443 g/mol. The van der Waals surface area contributed by atoms with E-state index in [1.165, 1.54) is 46.5 Å². The van der Waals surface area contributed by atoms with Crippen molar-refractivity contribution in [2.75, 3.05) is 24.2 Å². The smallest absolute Gasteiger partial charge is 0.244 e. The van der Waals surface area contributed by atoms with Gasteiger partial charge in [-0.2, -0.15) is 4.31 Å². The fourth-order valence-corrected chi connectivity index (χ4v) is 5.06. The first kappa shape index (κ1) is 21.0. The Kier molecular flexibility index (Phi) is 6.92. The maximum Gasteiger partial charge on any atom is 0.244 e. The third-order valence-corrected chi connectivity index (χ3v) is 7.33. The second-order valence-corrected chi connectivity index (χ2v) is 9.60. The highest BCUT2D eigenvalue weighted by Crippen LogP contribution is 2.23. The zero-order valence-corrected chi connectivity index (χ0v) is 17.3. The van der Waals surface area contributed by atoms with Crippen molar-refractivity contribution in [2.24, 2.45) is 0 Å². The first-order valence-corrected chi connectivity index (χ1v) is 11.5. The lowest BCUT2D eigenvalue weighted by Gasteiger charge is -2.25.